The van der Waals surface area contributed by atoms with Crippen LogP contribution in [-0.2, 0) is 6.67 Å². The number of aromatic nitrogens is 4. The molecule has 0 bridgehead atoms. The summed E-state index contributed by atoms with van der Waals surface area (Å²) in [6, 6.07) is 11.7. The molecule has 1 unspecified atom stereocenters. The van der Waals surface area contributed by atoms with Crippen LogP contribution in [0.25, 0.3) is 17.1 Å². The third-order valence-electron chi connectivity index (χ3n) is 5.15. The first kappa shape index (κ1) is 19.8. The molecule has 0 spiro atoms. The summed E-state index contributed by atoms with van der Waals surface area (Å²) < 4.78 is 10.1. The van der Waals surface area contributed by atoms with Crippen LogP contribution in [0.2, 0.25) is 0 Å². The number of hydrogen-bond acceptors (Lipinski definition) is 5. The quantitative estimate of drug-likeness (QED) is 0.605. The summed E-state index contributed by atoms with van der Waals surface area (Å²) in [6.45, 7) is 4.97. The zero-order valence-corrected chi connectivity index (χ0v) is 17.3. The van der Waals surface area contributed by atoms with Gasteiger partial charge in [0, 0.05) is 18.0 Å². The standard InChI is InChI=1S/C21H25N5O2S/c1-2-28-19-7-5-17(6-8-19)26-20(16-9-11-22-12-10-16)23-25(21(26)29)15-24-13-3-4-18(27)14-24/h5-12,18,27H,2-4,13-15H2,1H3/p+1/t18-/m0/s1. The van der Waals surface area contributed by atoms with E-state index in [1.165, 1.54) is 4.90 Å². The van der Waals surface area contributed by atoms with Crippen LogP contribution in [0.1, 0.15) is 19.8 Å². The SMILES string of the molecule is CCOc1ccc(-n2c(-c3ccncc3)nn(C[NH+]3CCC[C@H](O)C3)c2=S)cc1. The van der Waals surface area contributed by atoms with Crippen LogP contribution < -0.4 is 9.64 Å². The van der Waals surface area contributed by atoms with E-state index in [-0.39, 0.29) is 6.10 Å². The first-order valence-electron chi connectivity index (χ1n) is 10.0. The van der Waals surface area contributed by atoms with Crippen molar-refractivity contribution < 1.29 is 14.7 Å². The molecule has 1 saturated heterocycles. The molecule has 0 amide bonds. The summed E-state index contributed by atoms with van der Waals surface area (Å²) in [7, 11) is 0. The first-order valence-corrected chi connectivity index (χ1v) is 10.4. The molecule has 8 heteroatoms. The van der Waals surface area contributed by atoms with E-state index >= 15 is 0 Å². The zero-order valence-electron chi connectivity index (χ0n) is 16.5. The van der Waals surface area contributed by atoms with Crippen molar-refractivity contribution in [2.24, 2.45) is 0 Å². The second kappa shape index (κ2) is 8.86. The summed E-state index contributed by atoms with van der Waals surface area (Å²) in [5.41, 5.74) is 1.89. The van der Waals surface area contributed by atoms with Gasteiger partial charge in [-0.1, -0.05) is 0 Å². The van der Waals surface area contributed by atoms with E-state index in [0.29, 0.717) is 18.0 Å². The molecule has 4 rings (SSSR count). The van der Waals surface area contributed by atoms with Crippen LogP contribution in [0, 0.1) is 4.77 Å². The second-order valence-electron chi connectivity index (χ2n) is 7.26. The van der Waals surface area contributed by atoms with Gasteiger partial charge < -0.3 is 14.7 Å². The van der Waals surface area contributed by atoms with Gasteiger partial charge in [-0.25, -0.2) is 0 Å². The van der Waals surface area contributed by atoms with E-state index < -0.39 is 0 Å². The van der Waals surface area contributed by atoms with E-state index in [2.05, 4.69) is 4.98 Å². The number of piperidine rings is 1. The topological polar surface area (TPSA) is 69.5 Å². The predicted octanol–water partition coefficient (Wildman–Crippen LogP) is 1.86. The highest BCUT2D eigenvalue weighted by Crippen LogP contribution is 2.23. The summed E-state index contributed by atoms with van der Waals surface area (Å²) in [5, 5.41) is 14.9. The van der Waals surface area contributed by atoms with Crippen molar-refractivity contribution in [3.8, 4) is 22.8 Å². The molecule has 3 aromatic rings. The maximum atomic E-state index is 10.0. The normalized spacial score (nSPS) is 19.2. The molecule has 2 N–H and O–H groups in total. The van der Waals surface area contributed by atoms with Crippen molar-refractivity contribution in [1.29, 1.82) is 0 Å². The van der Waals surface area contributed by atoms with E-state index in [0.717, 1.165) is 48.8 Å². The minimum absolute atomic E-state index is 0.249. The molecule has 3 heterocycles. The lowest BCUT2D eigenvalue weighted by molar-refractivity contribution is -0.931. The maximum Gasteiger partial charge on any atom is 0.207 e. The molecule has 1 fully saturated rings. The average molecular weight is 413 g/mol. The van der Waals surface area contributed by atoms with Gasteiger partial charge in [0.25, 0.3) is 0 Å². The van der Waals surface area contributed by atoms with Crippen molar-refractivity contribution in [3.63, 3.8) is 0 Å². The summed E-state index contributed by atoms with van der Waals surface area (Å²) in [6.07, 6.45) is 5.15. The number of nitrogens with zero attached hydrogens (tertiary/aromatic N) is 4. The fourth-order valence-corrected chi connectivity index (χ4v) is 4.07. The summed E-state index contributed by atoms with van der Waals surface area (Å²) in [4.78, 5) is 5.41. The number of aliphatic hydroxyl groups is 1. The van der Waals surface area contributed by atoms with Gasteiger partial charge in [0.2, 0.25) is 4.77 Å². The Morgan fingerprint density at radius 1 is 1.21 bits per heavy atom. The highest BCUT2D eigenvalue weighted by Gasteiger charge is 2.23. The lowest BCUT2D eigenvalue weighted by atomic mass is 10.1. The molecule has 0 radical (unpaired) electrons. The molecular weight excluding hydrogens is 386 g/mol. The van der Waals surface area contributed by atoms with Gasteiger partial charge in [-0.2, -0.15) is 4.68 Å². The number of rotatable bonds is 6. The van der Waals surface area contributed by atoms with Crippen molar-refractivity contribution in [3.05, 3.63) is 53.6 Å². The van der Waals surface area contributed by atoms with Crippen molar-refractivity contribution in [2.75, 3.05) is 19.7 Å². The molecule has 1 aromatic carbocycles. The third-order valence-corrected chi connectivity index (χ3v) is 5.54. The minimum Gasteiger partial charge on any atom is -0.494 e. The van der Waals surface area contributed by atoms with Gasteiger partial charge in [-0.3, -0.25) is 9.55 Å². The van der Waals surface area contributed by atoms with Crippen molar-refractivity contribution >= 4 is 12.2 Å². The number of nitrogens with one attached hydrogen (secondary N) is 1. The fourth-order valence-electron chi connectivity index (χ4n) is 3.77. The van der Waals surface area contributed by atoms with Crippen LogP contribution >= 0.6 is 12.2 Å². The van der Waals surface area contributed by atoms with Crippen LogP contribution in [-0.4, -0.2) is 50.2 Å². The molecule has 1 aliphatic rings. The monoisotopic (exact) mass is 412 g/mol. The number of hydrogen-bond donors (Lipinski definition) is 2. The van der Waals surface area contributed by atoms with E-state index in [1.54, 1.807) is 12.4 Å². The lowest BCUT2D eigenvalue weighted by Gasteiger charge is -2.26. The number of quaternary nitrogens is 1. The molecule has 1 aliphatic heterocycles. The van der Waals surface area contributed by atoms with E-state index in [1.807, 2.05) is 52.6 Å². The third kappa shape index (κ3) is 4.39. The molecule has 0 saturated carbocycles. The van der Waals surface area contributed by atoms with Crippen molar-refractivity contribution in [2.45, 2.75) is 32.5 Å². The molecule has 29 heavy (non-hydrogen) atoms. The Morgan fingerprint density at radius 3 is 2.66 bits per heavy atom. The van der Waals surface area contributed by atoms with Gasteiger partial charge in [0.1, 0.15) is 18.4 Å². The Hall–Kier alpha value is -2.55. The largest absolute Gasteiger partial charge is 0.494 e. The van der Waals surface area contributed by atoms with E-state index in [9.17, 15) is 5.11 Å². The summed E-state index contributed by atoms with van der Waals surface area (Å²) >= 11 is 5.82. The van der Waals surface area contributed by atoms with Crippen molar-refractivity contribution in [1.82, 2.24) is 19.3 Å². The van der Waals surface area contributed by atoms with Crippen LogP contribution in [0.3, 0.4) is 0 Å². The van der Waals surface area contributed by atoms with Gasteiger partial charge in [0.15, 0.2) is 12.5 Å². The fraction of sp³-hybridized carbons (Fsp3) is 0.381. The second-order valence-corrected chi connectivity index (χ2v) is 7.63. The predicted molar refractivity (Wildman–Crippen MR) is 113 cm³/mol. The van der Waals surface area contributed by atoms with Crippen LogP contribution in [0.5, 0.6) is 5.75 Å². The van der Waals surface area contributed by atoms with Gasteiger partial charge in [-0.05, 0) is 68.4 Å². The molecule has 7 nitrogen and oxygen atoms in total. The van der Waals surface area contributed by atoms with Gasteiger partial charge in [0.05, 0.1) is 18.8 Å². The number of benzene rings is 1. The Bertz CT molecular complexity index is 1000. The summed E-state index contributed by atoms with van der Waals surface area (Å²) in [5.74, 6) is 1.60. The van der Waals surface area contributed by atoms with Crippen LogP contribution in [0.4, 0.5) is 0 Å². The molecular formula is C21H26N5O2S+. The molecule has 2 aromatic heterocycles. The smallest absolute Gasteiger partial charge is 0.207 e. The first-order chi connectivity index (χ1) is 14.2. The van der Waals surface area contributed by atoms with Crippen LogP contribution in [0.15, 0.2) is 48.8 Å². The minimum atomic E-state index is -0.249. The number of likely N-dealkylation sites (tertiary alicyclic amines) is 1. The zero-order chi connectivity index (χ0) is 20.2. The Morgan fingerprint density at radius 2 is 1.97 bits per heavy atom. The Kier molecular flexibility index (Phi) is 6.03. The highest BCUT2D eigenvalue weighted by atomic mass is 32.1. The van der Waals surface area contributed by atoms with Gasteiger partial charge >= 0.3 is 0 Å². The van der Waals surface area contributed by atoms with Gasteiger partial charge in [-0.15, -0.1) is 5.10 Å². The Balaban J connectivity index is 1.74. The molecule has 0 aliphatic carbocycles. The maximum absolute atomic E-state index is 10.0. The van der Waals surface area contributed by atoms with E-state index in [4.69, 9.17) is 22.1 Å². The number of pyridine rings is 1. The average Bonchev–Trinajstić information content (AvgIpc) is 3.06. The highest BCUT2D eigenvalue weighted by molar-refractivity contribution is 7.71. The molecule has 2 atom stereocenters. The lowest BCUT2D eigenvalue weighted by Crippen LogP contribution is -3.13. The number of aliphatic hydroxyl groups excluding tert-OH is 1. The number of ether oxygens (including phenoxy) is 1. The Labute approximate surface area is 175 Å². The molecule has 152 valence electrons.